The molecule has 0 radical (unpaired) electrons. The Balaban J connectivity index is 1.29. The molecule has 0 bridgehead atoms. The molecule has 0 atom stereocenters. The standard InChI is InChI=1S/C21H27N3O2/c25-21(18-9-5-2-6-10-18)24-13-11-16(12-14-24)15-19-22-23-20(26-19)17-7-3-1-4-8-17/h1,3-4,7-8,16,18H,2,5-6,9-15H2. The molecule has 138 valence electrons. The van der Waals surface area contributed by atoms with E-state index in [2.05, 4.69) is 15.1 Å². The zero-order valence-corrected chi connectivity index (χ0v) is 15.3. The zero-order chi connectivity index (χ0) is 17.8. The highest BCUT2D eigenvalue weighted by Gasteiger charge is 2.29. The van der Waals surface area contributed by atoms with Crippen molar-refractivity contribution in [2.75, 3.05) is 13.1 Å². The zero-order valence-electron chi connectivity index (χ0n) is 15.3. The maximum absolute atomic E-state index is 12.7. The average Bonchev–Trinajstić information content (AvgIpc) is 3.18. The highest BCUT2D eigenvalue weighted by atomic mass is 16.4. The van der Waals surface area contributed by atoms with Gasteiger partial charge < -0.3 is 9.32 Å². The Morgan fingerprint density at radius 2 is 1.73 bits per heavy atom. The normalized spacial score (nSPS) is 19.6. The number of carbonyl (C=O) groups excluding carboxylic acids is 1. The van der Waals surface area contributed by atoms with Crippen LogP contribution in [0.2, 0.25) is 0 Å². The Hall–Kier alpha value is -2.17. The fraction of sp³-hybridized carbons (Fsp3) is 0.571. The van der Waals surface area contributed by atoms with Crippen molar-refractivity contribution in [2.45, 2.75) is 51.4 Å². The van der Waals surface area contributed by atoms with Gasteiger partial charge in [-0.25, -0.2) is 0 Å². The highest BCUT2D eigenvalue weighted by molar-refractivity contribution is 5.79. The number of hydrogen-bond donors (Lipinski definition) is 0. The van der Waals surface area contributed by atoms with Gasteiger partial charge in [-0.3, -0.25) is 4.79 Å². The molecule has 2 heterocycles. The first-order valence-corrected chi connectivity index (χ1v) is 9.96. The van der Waals surface area contributed by atoms with Crippen molar-refractivity contribution in [3.05, 3.63) is 36.2 Å². The van der Waals surface area contributed by atoms with Crippen LogP contribution in [0.25, 0.3) is 11.5 Å². The van der Waals surface area contributed by atoms with E-state index in [9.17, 15) is 4.79 Å². The second-order valence-electron chi connectivity index (χ2n) is 7.67. The number of rotatable bonds is 4. The van der Waals surface area contributed by atoms with Crippen molar-refractivity contribution in [1.29, 1.82) is 0 Å². The van der Waals surface area contributed by atoms with E-state index in [0.717, 1.165) is 50.8 Å². The van der Waals surface area contributed by atoms with Crippen molar-refractivity contribution in [1.82, 2.24) is 15.1 Å². The summed E-state index contributed by atoms with van der Waals surface area (Å²) in [5, 5.41) is 8.39. The van der Waals surface area contributed by atoms with Gasteiger partial charge in [0.15, 0.2) is 0 Å². The number of nitrogens with zero attached hydrogens (tertiary/aromatic N) is 3. The molecule has 1 saturated heterocycles. The molecule has 0 spiro atoms. The smallest absolute Gasteiger partial charge is 0.247 e. The lowest BCUT2D eigenvalue weighted by molar-refractivity contribution is -0.138. The summed E-state index contributed by atoms with van der Waals surface area (Å²) in [6, 6.07) is 9.87. The summed E-state index contributed by atoms with van der Waals surface area (Å²) in [7, 11) is 0. The van der Waals surface area contributed by atoms with Crippen molar-refractivity contribution in [3.63, 3.8) is 0 Å². The lowest BCUT2D eigenvalue weighted by atomic mass is 9.87. The Morgan fingerprint density at radius 3 is 2.46 bits per heavy atom. The third-order valence-electron chi connectivity index (χ3n) is 5.83. The Bertz CT molecular complexity index is 714. The minimum Gasteiger partial charge on any atom is -0.421 e. The largest absolute Gasteiger partial charge is 0.421 e. The molecule has 1 saturated carbocycles. The van der Waals surface area contributed by atoms with Gasteiger partial charge >= 0.3 is 0 Å². The van der Waals surface area contributed by atoms with Crippen LogP contribution in [0.5, 0.6) is 0 Å². The van der Waals surface area contributed by atoms with E-state index in [-0.39, 0.29) is 5.92 Å². The molecule has 1 aromatic heterocycles. The van der Waals surface area contributed by atoms with Crippen LogP contribution in [-0.4, -0.2) is 34.1 Å². The molecule has 0 unspecified atom stereocenters. The number of aromatic nitrogens is 2. The molecular weight excluding hydrogens is 326 g/mol. The van der Waals surface area contributed by atoms with E-state index in [1.54, 1.807) is 0 Å². The molecule has 1 aromatic carbocycles. The summed E-state index contributed by atoms with van der Waals surface area (Å²) in [5.74, 6) is 2.50. The molecule has 2 fully saturated rings. The van der Waals surface area contributed by atoms with Gasteiger partial charge in [0.05, 0.1) is 0 Å². The van der Waals surface area contributed by atoms with Crippen LogP contribution < -0.4 is 0 Å². The summed E-state index contributed by atoms with van der Waals surface area (Å²) in [5.41, 5.74) is 0.958. The maximum Gasteiger partial charge on any atom is 0.247 e. The van der Waals surface area contributed by atoms with Crippen molar-refractivity contribution in [3.8, 4) is 11.5 Å². The highest BCUT2D eigenvalue weighted by Crippen LogP contribution is 2.28. The number of amides is 1. The molecule has 1 aliphatic carbocycles. The molecule has 0 N–H and O–H groups in total. The minimum atomic E-state index is 0.282. The van der Waals surface area contributed by atoms with E-state index in [4.69, 9.17) is 4.42 Å². The monoisotopic (exact) mass is 353 g/mol. The number of piperidine rings is 1. The van der Waals surface area contributed by atoms with E-state index < -0.39 is 0 Å². The van der Waals surface area contributed by atoms with Crippen molar-refractivity contribution >= 4 is 5.91 Å². The second kappa shape index (κ2) is 8.02. The van der Waals surface area contributed by atoms with Crippen LogP contribution in [0, 0.1) is 11.8 Å². The molecule has 2 aliphatic rings. The molecule has 5 heteroatoms. The number of benzene rings is 1. The van der Waals surface area contributed by atoms with Crippen LogP contribution in [-0.2, 0) is 11.2 Å². The fourth-order valence-electron chi connectivity index (χ4n) is 4.25. The molecular formula is C21H27N3O2. The topological polar surface area (TPSA) is 59.2 Å². The number of hydrogen-bond acceptors (Lipinski definition) is 4. The minimum absolute atomic E-state index is 0.282. The quantitative estimate of drug-likeness (QED) is 0.830. The summed E-state index contributed by atoms with van der Waals surface area (Å²) in [4.78, 5) is 14.8. The van der Waals surface area contributed by atoms with Gasteiger partial charge in [-0.15, -0.1) is 10.2 Å². The molecule has 1 aliphatic heterocycles. The summed E-state index contributed by atoms with van der Waals surface area (Å²) >= 11 is 0. The molecule has 2 aromatic rings. The summed E-state index contributed by atoms with van der Waals surface area (Å²) in [6.45, 7) is 1.75. The predicted molar refractivity (Wildman–Crippen MR) is 99.3 cm³/mol. The van der Waals surface area contributed by atoms with Crippen LogP contribution >= 0.6 is 0 Å². The molecule has 5 nitrogen and oxygen atoms in total. The van der Waals surface area contributed by atoms with Gasteiger partial charge in [0.25, 0.3) is 0 Å². The third kappa shape index (κ3) is 3.97. The van der Waals surface area contributed by atoms with Crippen LogP contribution in [0.3, 0.4) is 0 Å². The maximum atomic E-state index is 12.7. The fourth-order valence-corrected chi connectivity index (χ4v) is 4.25. The van der Waals surface area contributed by atoms with Crippen LogP contribution in [0.4, 0.5) is 0 Å². The van der Waals surface area contributed by atoms with E-state index in [1.807, 2.05) is 30.3 Å². The lowest BCUT2D eigenvalue weighted by Gasteiger charge is -2.34. The lowest BCUT2D eigenvalue weighted by Crippen LogP contribution is -2.42. The SMILES string of the molecule is O=C(C1CCCCC1)N1CCC(Cc2nnc(-c3ccccc3)o2)CC1. The summed E-state index contributed by atoms with van der Waals surface area (Å²) < 4.78 is 5.84. The molecule has 1 amide bonds. The Labute approximate surface area is 154 Å². The Kier molecular flexibility index (Phi) is 5.32. The first-order chi connectivity index (χ1) is 12.8. The average molecular weight is 353 g/mol. The molecule has 26 heavy (non-hydrogen) atoms. The first-order valence-electron chi connectivity index (χ1n) is 9.96. The van der Waals surface area contributed by atoms with Gasteiger partial charge in [0.1, 0.15) is 0 Å². The number of carbonyl (C=O) groups is 1. The van der Waals surface area contributed by atoms with Crippen LogP contribution in [0.15, 0.2) is 34.7 Å². The van der Waals surface area contributed by atoms with E-state index in [0.29, 0.717) is 23.6 Å². The van der Waals surface area contributed by atoms with E-state index in [1.165, 1.54) is 19.3 Å². The van der Waals surface area contributed by atoms with Crippen molar-refractivity contribution in [2.24, 2.45) is 11.8 Å². The van der Waals surface area contributed by atoms with Gasteiger partial charge in [0, 0.05) is 31.0 Å². The summed E-state index contributed by atoms with van der Waals surface area (Å²) in [6.07, 6.45) is 8.77. The Morgan fingerprint density at radius 1 is 1.00 bits per heavy atom. The first kappa shape index (κ1) is 17.3. The molecule has 4 rings (SSSR count). The van der Waals surface area contributed by atoms with Crippen molar-refractivity contribution < 1.29 is 9.21 Å². The van der Waals surface area contributed by atoms with Crippen LogP contribution in [0.1, 0.15) is 50.8 Å². The van der Waals surface area contributed by atoms with Gasteiger partial charge in [-0.05, 0) is 43.7 Å². The van der Waals surface area contributed by atoms with Gasteiger partial charge in [-0.1, -0.05) is 37.5 Å². The second-order valence-corrected chi connectivity index (χ2v) is 7.67. The van der Waals surface area contributed by atoms with E-state index >= 15 is 0 Å². The van der Waals surface area contributed by atoms with Gasteiger partial charge in [-0.2, -0.15) is 0 Å². The van der Waals surface area contributed by atoms with Gasteiger partial charge in [0.2, 0.25) is 17.7 Å². The third-order valence-corrected chi connectivity index (χ3v) is 5.83. The number of likely N-dealkylation sites (tertiary alicyclic amines) is 1. The predicted octanol–water partition coefficient (Wildman–Crippen LogP) is 4.10.